The second-order valence-electron chi connectivity index (χ2n) is 9.09. The molecule has 8 heteroatoms. The third-order valence-electron chi connectivity index (χ3n) is 5.91. The molecule has 1 unspecified atom stereocenters. The van der Waals surface area contributed by atoms with Gasteiger partial charge in [0, 0.05) is 36.2 Å². The van der Waals surface area contributed by atoms with Gasteiger partial charge in [-0.25, -0.2) is 0 Å². The number of aliphatic hydroxyl groups excluding tert-OH is 1. The number of β-amino-alcohol motifs (C(OH)–C–C–N with tert-alkyl or cyclic N) is 1. The van der Waals surface area contributed by atoms with Crippen LogP contribution in [-0.4, -0.2) is 45.7 Å². The van der Waals surface area contributed by atoms with Gasteiger partial charge in [-0.05, 0) is 29.5 Å². The van der Waals surface area contributed by atoms with Gasteiger partial charge in [0.1, 0.15) is 17.7 Å². The standard InChI is InChI=1S/C25H30ClN3O4/c1-6-16-7-8-17(19(26)9-16)12-27-24(31)21-10-18(30)13-29(21)25(32)23(15(4)5)22-11-20(14(2)3)28-33-22/h1,7-9,11,14-15,18,21,23,30H,10,12-13H2,2-5H3,(H,27,31)/t18-,21+,23?/m1/s1. The van der Waals surface area contributed by atoms with Crippen LogP contribution in [0.15, 0.2) is 28.8 Å². The fourth-order valence-electron chi connectivity index (χ4n) is 4.02. The highest BCUT2D eigenvalue weighted by molar-refractivity contribution is 6.31. The first kappa shape index (κ1) is 24.8. The van der Waals surface area contributed by atoms with E-state index in [1.807, 2.05) is 27.7 Å². The van der Waals surface area contributed by atoms with Crippen LogP contribution in [0.3, 0.4) is 0 Å². The average Bonchev–Trinajstić information content (AvgIpc) is 3.39. The van der Waals surface area contributed by atoms with Gasteiger partial charge < -0.3 is 19.8 Å². The molecule has 1 fully saturated rings. The predicted molar refractivity (Wildman–Crippen MR) is 126 cm³/mol. The Morgan fingerprint density at radius 1 is 1.33 bits per heavy atom. The molecule has 33 heavy (non-hydrogen) atoms. The third-order valence-corrected chi connectivity index (χ3v) is 6.27. The number of rotatable bonds is 7. The number of nitrogens with zero attached hydrogens (tertiary/aromatic N) is 2. The highest BCUT2D eigenvalue weighted by Crippen LogP contribution is 2.32. The molecule has 3 rings (SSSR count). The Morgan fingerprint density at radius 3 is 2.64 bits per heavy atom. The molecule has 1 aliphatic heterocycles. The van der Waals surface area contributed by atoms with Crippen molar-refractivity contribution in [2.45, 2.75) is 64.6 Å². The molecule has 1 aromatic carbocycles. The van der Waals surface area contributed by atoms with E-state index >= 15 is 0 Å². The Bertz CT molecular complexity index is 1060. The second kappa shape index (κ2) is 10.4. The van der Waals surface area contributed by atoms with Crippen LogP contribution in [0.2, 0.25) is 5.02 Å². The quantitative estimate of drug-likeness (QED) is 0.603. The van der Waals surface area contributed by atoms with Gasteiger partial charge in [-0.1, -0.05) is 56.4 Å². The van der Waals surface area contributed by atoms with E-state index < -0.39 is 18.1 Å². The lowest BCUT2D eigenvalue weighted by Gasteiger charge is -2.28. The molecule has 1 aliphatic rings. The van der Waals surface area contributed by atoms with Crippen molar-refractivity contribution in [3.8, 4) is 12.3 Å². The maximum atomic E-state index is 13.5. The molecule has 3 atom stereocenters. The minimum absolute atomic E-state index is 0.0830. The van der Waals surface area contributed by atoms with Gasteiger partial charge >= 0.3 is 0 Å². The van der Waals surface area contributed by atoms with Crippen molar-refractivity contribution in [1.29, 1.82) is 0 Å². The Hall–Kier alpha value is -2.82. The summed E-state index contributed by atoms with van der Waals surface area (Å²) in [6, 6.07) is 6.18. The molecule has 0 radical (unpaired) electrons. The van der Waals surface area contributed by atoms with Crippen molar-refractivity contribution in [2.24, 2.45) is 5.92 Å². The number of hydrogen-bond donors (Lipinski definition) is 2. The first-order chi connectivity index (χ1) is 15.6. The lowest BCUT2D eigenvalue weighted by atomic mass is 9.90. The van der Waals surface area contributed by atoms with Gasteiger partial charge in [0.2, 0.25) is 11.8 Å². The second-order valence-corrected chi connectivity index (χ2v) is 9.50. The number of halogens is 1. The molecule has 2 aromatic rings. The van der Waals surface area contributed by atoms with Crippen molar-refractivity contribution in [3.05, 3.63) is 51.9 Å². The van der Waals surface area contributed by atoms with Gasteiger partial charge in [0.25, 0.3) is 0 Å². The number of carbonyl (C=O) groups excluding carboxylic acids is 2. The van der Waals surface area contributed by atoms with Gasteiger partial charge in [-0.3, -0.25) is 9.59 Å². The zero-order valence-corrected chi connectivity index (χ0v) is 20.1. The number of benzene rings is 1. The molecule has 1 saturated heterocycles. The van der Waals surface area contributed by atoms with E-state index in [0.29, 0.717) is 21.9 Å². The molecule has 2 heterocycles. The van der Waals surface area contributed by atoms with E-state index in [4.69, 9.17) is 22.5 Å². The SMILES string of the molecule is C#Cc1ccc(CNC(=O)[C@@H]2C[C@@H](O)CN2C(=O)C(c2cc(C(C)C)no2)C(C)C)c(Cl)c1. The summed E-state index contributed by atoms with van der Waals surface area (Å²) in [5.41, 5.74) is 2.13. The zero-order chi connectivity index (χ0) is 24.3. The Labute approximate surface area is 199 Å². The Balaban J connectivity index is 1.76. The number of aliphatic hydroxyl groups is 1. The summed E-state index contributed by atoms with van der Waals surface area (Å²) in [4.78, 5) is 28.0. The molecule has 2 N–H and O–H groups in total. The summed E-state index contributed by atoms with van der Waals surface area (Å²) in [5, 5.41) is 17.6. The largest absolute Gasteiger partial charge is 0.391 e. The number of likely N-dealkylation sites (tertiary alicyclic amines) is 1. The van der Waals surface area contributed by atoms with E-state index in [1.165, 1.54) is 4.90 Å². The summed E-state index contributed by atoms with van der Waals surface area (Å²) in [7, 11) is 0. The van der Waals surface area contributed by atoms with Crippen LogP contribution in [-0.2, 0) is 16.1 Å². The third kappa shape index (κ3) is 5.58. The highest BCUT2D eigenvalue weighted by atomic mass is 35.5. The van der Waals surface area contributed by atoms with Crippen LogP contribution in [0.5, 0.6) is 0 Å². The topological polar surface area (TPSA) is 95.7 Å². The van der Waals surface area contributed by atoms with Crippen molar-refractivity contribution in [2.75, 3.05) is 6.54 Å². The fourth-order valence-corrected chi connectivity index (χ4v) is 4.27. The number of amides is 2. The van der Waals surface area contributed by atoms with Crippen LogP contribution in [0.25, 0.3) is 0 Å². The molecule has 0 spiro atoms. The van der Waals surface area contributed by atoms with E-state index in [0.717, 1.165) is 5.69 Å². The first-order valence-electron chi connectivity index (χ1n) is 11.1. The number of nitrogens with one attached hydrogen (secondary N) is 1. The first-order valence-corrected chi connectivity index (χ1v) is 11.5. The normalized spacial score (nSPS) is 19.1. The minimum Gasteiger partial charge on any atom is -0.391 e. The van der Waals surface area contributed by atoms with Crippen molar-refractivity contribution in [1.82, 2.24) is 15.4 Å². The molecule has 0 saturated carbocycles. The molecule has 1 aromatic heterocycles. The van der Waals surface area contributed by atoms with Crippen LogP contribution in [0.4, 0.5) is 0 Å². The summed E-state index contributed by atoms with van der Waals surface area (Å²) < 4.78 is 5.50. The Kier molecular flexibility index (Phi) is 7.83. The Morgan fingerprint density at radius 2 is 2.06 bits per heavy atom. The monoisotopic (exact) mass is 471 g/mol. The molecule has 7 nitrogen and oxygen atoms in total. The van der Waals surface area contributed by atoms with Gasteiger partial charge in [0.15, 0.2) is 0 Å². The van der Waals surface area contributed by atoms with E-state index in [9.17, 15) is 14.7 Å². The number of terminal acetylenes is 1. The van der Waals surface area contributed by atoms with E-state index in [1.54, 1.807) is 24.3 Å². The number of aromatic nitrogens is 1. The van der Waals surface area contributed by atoms with Crippen molar-refractivity contribution in [3.63, 3.8) is 0 Å². The van der Waals surface area contributed by atoms with Crippen molar-refractivity contribution >= 4 is 23.4 Å². The molecular weight excluding hydrogens is 442 g/mol. The minimum atomic E-state index is -0.787. The molecule has 0 bridgehead atoms. The smallest absolute Gasteiger partial charge is 0.243 e. The van der Waals surface area contributed by atoms with E-state index in [-0.39, 0.29) is 43.2 Å². The fraction of sp³-hybridized carbons (Fsp3) is 0.480. The molecule has 0 aliphatic carbocycles. The average molecular weight is 472 g/mol. The molecular formula is C25H30ClN3O4. The summed E-state index contributed by atoms with van der Waals surface area (Å²) in [6.45, 7) is 8.11. The predicted octanol–water partition coefficient (Wildman–Crippen LogP) is 3.45. The van der Waals surface area contributed by atoms with Crippen LogP contribution in [0, 0.1) is 18.3 Å². The summed E-state index contributed by atoms with van der Waals surface area (Å²) >= 11 is 6.25. The molecule has 176 valence electrons. The van der Waals surface area contributed by atoms with Crippen molar-refractivity contribution < 1.29 is 19.2 Å². The molecule has 2 amide bonds. The van der Waals surface area contributed by atoms with Crippen LogP contribution < -0.4 is 5.32 Å². The lowest BCUT2D eigenvalue weighted by Crippen LogP contribution is -2.48. The lowest BCUT2D eigenvalue weighted by molar-refractivity contribution is -0.141. The maximum absolute atomic E-state index is 13.5. The summed E-state index contributed by atoms with van der Waals surface area (Å²) in [6.07, 6.45) is 4.77. The van der Waals surface area contributed by atoms with Crippen LogP contribution >= 0.6 is 11.6 Å². The number of carbonyl (C=O) groups is 2. The van der Waals surface area contributed by atoms with Gasteiger partial charge in [0.05, 0.1) is 11.8 Å². The number of hydrogen-bond acceptors (Lipinski definition) is 5. The van der Waals surface area contributed by atoms with E-state index in [2.05, 4.69) is 16.4 Å². The van der Waals surface area contributed by atoms with Gasteiger partial charge in [-0.2, -0.15) is 0 Å². The zero-order valence-electron chi connectivity index (χ0n) is 19.3. The highest BCUT2D eigenvalue weighted by Gasteiger charge is 2.43. The van der Waals surface area contributed by atoms with Crippen LogP contribution in [0.1, 0.15) is 68.5 Å². The van der Waals surface area contributed by atoms with Gasteiger partial charge in [-0.15, -0.1) is 6.42 Å². The maximum Gasteiger partial charge on any atom is 0.243 e. The summed E-state index contributed by atoms with van der Waals surface area (Å²) in [5.74, 6) is 1.86.